The van der Waals surface area contributed by atoms with Crippen molar-refractivity contribution in [3.63, 3.8) is 0 Å². The summed E-state index contributed by atoms with van der Waals surface area (Å²) in [5.74, 6) is 0.496. The lowest BCUT2D eigenvalue weighted by atomic mass is 10.2. The molecule has 0 aliphatic carbocycles. The fourth-order valence-electron chi connectivity index (χ4n) is 1.43. The van der Waals surface area contributed by atoms with Gasteiger partial charge in [0.05, 0.1) is 26.0 Å². The molecular formula is C13H19ClN2O4. The summed E-state index contributed by atoms with van der Waals surface area (Å²) in [5.41, 5.74) is 1.39. The Morgan fingerprint density at radius 2 is 2.05 bits per heavy atom. The molecule has 0 heterocycles. The molecule has 2 N–H and O–H groups in total. The van der Waals surface area contributed by atoms with E-state index in [0.29, 0.717) is 29.7 Å². The van der Waals surface area contributed by atoms with Crippen LogP contribution in [0.25, 0.3) is 0 Å². The first-order valence-corrected chi connectivity index (χ1v) is 6.42. The molecule has 0 saturated carbocycles. The van der Waals surface area contributed by atoms with Crippen molar-refractivity contribution in [3.8, 4) is 5.75 Å². The number of benzene rings is 1. The van der Waals surface area contributed by atoms with Crippen molar-refractivity contribution in [2.75, 3.05) is 39.5 Å². The highest BCUT2D eigenvalue weighted by Crippen LogP contribution is 2.30. The number of hydrogen-bond donors (Lipinski definition) is 2. The summed E-state index contributed by atoms with van der Waals surface area (Å²) in [4.78, 5) is 11.7. The van der Waals surface area contributed by atoms with Gasteiger partial charge in [0.15, 0.2) is 0 Å². The molecule has 0 bridgehead atoms. The Bertz CT molecular complexity index is 454. The highest BCUT2D eigenvalue weighted by Gasteiger charge is 2.09. The standard InChI is InChI=1S/C13H19ClN2O4/c1-9-6-11(12(19-3)7-10(9)14)16-13(17)15-8-20-5-4-18-2/h6-7H,4-5,8H2,1-3H3,(H2,15,16,17). The van der Waals surface area contributed by atoms with Crippen molar-refractivity contribution in [1.82, 2.24) is 5.32 Å². The summed E-state index contributed by atoms with van der Waals surface area (Å²) in [6, 6.07) is 3.01. The van der Waals surface area contributed by atoms with Gasteiger partial charge in [-0.1, -0.05) is 11.6 Å². The smallest absolute Gasteiger partial charge is 0.321 e. The summed E-state index contributed by atoms with van der Waals surface area (Å²) < 4.78 is 15.1. The molecule has 0 aromatic heterocycles. The summed E-state index contributed by atoms with van der Waals surface area (Å²) in [6.07, 6.45) is 0. The van der Waals surface area contributed by atoms with E-state index in [1.807, 2.05) is 6.92 Å². The second kappa shape index (κ2) is 8.63. The molecule has 20 heavy (non-hydrogen) atoms. The molecule has 1 aromatic carbocycles. The van der Waals surface area contributed by atoms with Crippen LogP contribution in [-0.4, -0.2) is 40.2 Å². The summed E-state index contributed by atoms with van der Waals surface area (Å²) in [5, 5.41) is 5.81. The number of urea groups is 1. The van der Waals surface area contributed by atoms with E-state index in [1.165, 1.54) is 7.11 Å². The Kier molecular flexibility index (Phi) is 7.14. The van der Waals surface area contributed by atoms with Gasteiger partial charge in [0.1, 0.15) is 12.5 Å². The van der Waals surface area contributed by atoms with Gasteiger partial charge in [-0.05, 0) is 18.6 Å². The van der Waals surface area contributed by atoms with Crippen LogP contribution in [0, 0.1) is 6.92 Å². The first kappa shape index (κ1) is 16.6. The molecule has 0 fully saturated rings. The normalized spacial score (nSPS) is 10.2. The Labute approximate surface area is 123 Å². The highest BCUT2D eigenvalue weighted by atomic mass is 35.5. The Morgan fingerprint density at radius 3 is 2.70 bits per heavy atom. The van der Waals surface area contributed by atoms with E-state index in [1.54, 1.807) is 19.2 Å². The van der Waals surface area contributed by atoms with E-state index in [2.05, 4.69) is 10.6 Å². The van der Waals surface area contributed by atoms with Crippen LogP contribution in [0.5, 0.6) is 5.75 Å². The maximum absolute atomic E-state index is 11.7. The van der Waals surface area contributed by atoms with Crippen molar-refractivity contribution in [2.45, 2.75) is 6.92 Å². The molecule has 0 spiro atoms. The molecule has 0 unspecified atom stereocenters. The topological polar surface area (TPSA) is 68.8 Å². The van der Waals surface area contributed by atoms with Gasteiger partial charge in [-0.15, -0.1) is 0 Å². The molecular weight excluding hydrogens is 284 g/mol. The summed E-state index contributed by atoms with van der Waals surface area (Å²) in [7, 11) is 3.09. The van der Waals surface area contributed by atoms with Crippen LogP contribution in [0.4, 0.5) is 10.5 Å². The number of anilines is 1. The van der Waals surface area contributed by atoms with Gasteiger partial charge in [-0.3, -0.25) is 0 Å². The van der Waals surface area contributed by atoms with E-state index >= 15 is 0 Å². The molecule has 1 rings (SSSR count). The van der Waals surface area contributed by atoms with Gasteiger partial charge >= 0.3 is 6.03 Å². The van der Waals surface area contributed by atoms with Gasteiger partial charge in [0.25, 0.3) is 0 Å². The molecule has 1 aromatic rings. The van der Waals surface area contributed by atoms with Crippen molar-refractivity contribution in [2.24, 2.45) is 0 Å². The van der Waals surface area contributed by atoms with Gasteiger partial charge in [0, 0.05) is 18.2 Å². The molecule has 7 heteroatoms. The average Bonchev–Trinajstić information content (AvgIpc) is 2.42. The minimum Gasteiger partial charge on any atom is -0.495 e. The number of methoxy groups -OCH3 is 2. The zero-order valence-electron chi connectivity index (χ0n) is 11.8. The third-order valence-electron chi connectivity index (χ3n) is 2.50. The second-order valence-corrected chi connectivity index (χ2v) is 4.39. The lowest BCUT2D eigenvalue weighted by molar-refractivity contribution is 0.0650. The molecule has 2 amide bonds. The van der Waals surface area contributed by atoms with Gasteiger partial charge < -0.3 is 24.8 Å². The number of carbonyl (C=O) groups excluding carboxylic acids is 1. The largest absolute Gasteiger partial charge is 0.495 e. The molecule has 0 saturated heterocycles. The minimum atomic E-state index is -0.387. The van der Waals surface area contributed by atoms with Gasteiger partial charge in [-0.25, -0.2) is 4.79 Å². The van der Waals surface area contributed by atoms with E-state index < -0.39 is 0 Å². The van der Waals surface area contributed by atoms with Crippen molar-refractivity contribution in [3.05, 3.63) is 22.7 Å². The zero-order valence-corrected chi connectivity index (χ0v) is 12.5. The van der Waals surface area contributed by atoms with Crippen LogP contribution >= 0.6 is 11.6 Å². The summed E-state index contributed by atoms with van der Waals surface area (Å²) >= 11 is 5.99. The number of rotatable bonds is 7. The Balaban J connectivity index is 2.51. The number of nitrogens with one attached hydrogen (secondary N) is 2. The van der Waals surface area contributed by atoms with Crippen LogP contribution in [0.15, 0.2) is 12.1 Å². The zero-order chi connectivity index (χ0) is 15.0. The molecule has 0 aliphatic rings. The van der Waals surface area contributed by atoms with Crippen LogP contribution in [0.2, 0.25) is 5.02 Å². The van der Waals surface area contributed by atoms with Gasteiger partial charge in [0.2, 0.25) is 0 Å². The number of hydrogen-bond acceptors (Lipinski definition) is 4. The number of carbonyl (C=O) groups is 1. The van der Waals surface area contributed by atoms with Crippen LogP contribution in [0.1, 0.15) is 5.56 Å². The third-order valence-corrected chi connectivity index (χ3v) is 2.90. The van der Waals surface area contributed by atoms with Crippen LogP contribution in [-0.2, 0) is 9.47 Å². The predicted octanol–water partition coefficient (Wildman–Crippen LogP) is 2.40. The van der Waals surface area contributed by atoms with Crippen molar-refractivity contribution < 1.29 is 19.0 Å². The third kappa shape index (κ3) is 5.24. The van der Waals surface area contributed by atoms with Crippen LogP contribution < -0.4 is 15.4 Å². The SMILES string of the molecule is COCCOCNC(=O)Nc1cc(C)c(Cl)cc1OC. The van der Waals surface area contributed by atoms with E-state index in [-0.39, 0.29) is 12.8 Å². The monoisotopic (exact) mass is 302 g/mol. The number of ether oxygens (including phenoxy) is 3. The summed E-state index contributed by atoms with van der Waals surface area (Å²) in [6.45, 7) is 2.84. The van der Waals surface area contributed by atoms with Crippen molar-refractivity contribution >= 4 is 23.3 Å². The van der Waals surface area contributed by atoms with Crippen LogP contribution in [0.3, 0.4) is 0 Å². The Morgan fingerprint density at radius 1 is 1.30 bits per heavy atom. The minimum absolute atomic E-state index is 0.101. The number of halogens is 1. The van der Waals surface area contributed by atoms with Crippen molar-refractivity contribution in [1.29, 1.82) is 0 Å². The van der Waals surface area contributed by atoms with Gasteiger partial charge in [-0.2, -0.15) is 0 Å². The lowest BCUT2D eigenvalue weighted by Crippen LogP contribution is -2.31. The lowest BCUT2D eigenvalue weighted by Gasteiger charge is -2.13. The fraction of sp³-hybridized carbons (Fsp3) is 0.462. The highest BCUT2D eigenvalue weighted by molar-refractivity contribution is 6.31. The quantitative estimate of drug-likeness (QED) is 0.599. The Hall–Kier alpha value is -1.50. The second-order valence-electron chi connectivity index (χ2n) is 3.98. The molecule has 0 atom stereocenters. The molecule has 0 aliphatic heterocycles. The average molecular weight is 303 g/mol. The number of aryl methyl sites for hydroxylation is 1. The maximum Gasteiger partial charge on any atom is 0.321 e. The fourth-order valence-corrected chi connectivity index (χ4v) is 1.58. The molecule has 112 valence electrons. The van der Waals surface area contributed by atoms with E-state index in [0.717, 1.165) is 5.56 Å². The van der Waals surface area contributed by atoms with E-state index in [9.17, 15) is 4.79 Å². The first-order valence-electron chi connectivity index (χ1n) is 6.04. The first-order chi connectivity index (χ1) is 9.58. The van der Waals surface area contributed by atoms with E-state index in [4.69, 9.17) is 25.8 Å². The number of amides is 2. The maximum atomic E-state index is 11.7. The molecule has 6 nitrogen and oxygen atoms in total. The predicted molar refractivity (Wildman–Crippen MR) is 77.6 cm³/mol. The molecule has 0 radical (unpaired) electrons.